The lowest BCUT2D eigenvalue weighted by Crippen LogP contribution is -2.26. The number of nitrogens with zero attached hydrogens (tertiary/aromatic N) is 2. The Morgan fingerprint density at radius 1 is 1.15 bits per heavy atom. The number of hydrogen-bond acceptors (Lipinski definition) is 7. The van der Waals surface area contributed by atoms with Crippen LogP contribution in [0.25, 0.3) is 17.4 Å². The maximum Gasteiger partial charge on any atom is 0.280 e. The van der Waals surface area contributed by atoms with E-state index in [9.17, 15) is 20.2 Å². The summed E-state index contributed by atoms with van der Waals surface area (Å²) in [4.78, 5) is 23.2. The van der Waals surface area contributed by atoms with Crippen LogP contribution in [0.15, 0.2) is 64.6 Å². The third-order valence-electron chi connectivity index (χ3n) is 4.79. The van der Waals surface area contributed by atoms with Crippen molar-refractivity contribution in [3.05, 3.63) is 81.6 Å². The maximum absolute atomic E-state index is 12.4. The summed E-state index contributed by atoms with van der Waals surface area (Å²) in [5, 5.41) is 23.3. The Bertz CT molecular complexity index is 1240. The molecule has 9 nitrogen and oxygen atoms in total. The summed E-state index contributed by atoms with van der Waals surface area (Å²) >= 11 is 0. The number of furan rings is 1. The van der Waals surface area contributed by atoms with Gasteiger partial charge in [-0.3, -0.25) is 14.9 Å². The average Bonchev–Trinajstić information content (AvgIpc) is 3.30. The molecule has 0 atom stereocenters. The third-order valence-corrected chi connectivity index (χ3v) is 4.79. The van der Waals surface area contributed by atoms with Gasteiger partial charge in [-0.25, -0.2) is 0 Å². The Labute approximate surface area is 190 Å². The monoisotopic (exact) mass is 447 g/mol. The lowest BCUT2D eigenvalue weighted by molar-refractivity contribution is -0.384. The highest BCUT2D eigenvalue weighted by atomic mass is 16.6. The third kappa shape index (κ3) is 5.57. The summed E-state index contributed by atoms with van der Waals surface area (Å²) in [6.45, 7) is 0.299. The summed E-state index contributed by atoms with van der Waals surface area (Å²) in [5.74, 6) is 1.14. The highest BCUT2D eigenvalue weighted by Crippen LogP contribution is 2.31. The number of nitrogens with one attached hydrogen (secondary N) is 1. The number of carbonyl (C=O) groups is 1. The van der Waals surface area contributed by atoms with E-state index in [2.05, 4.69) is 5.32 Å². The number of nitriles is 1. The highest BCUT2D eigenvalue weighted by molar-refractivity contribution is 6.01. The van der Waals surface area contributed by atoms with E-state index in [4.69, 9.17) is 13.9 Å². The van der Waals surface area contributed by atoms with Crippen LogP contribution in [0.4, 0.5) is 5.69 Å². The van der Waals surface area contributed by atoms with Crippen molar-refractivity contribution in [3.8, 4) is 28.9 Å². The van der Waals surface area contributed by atoms with Gasteiger partial charge in [-0.1, -0.05) is 18.2 Å². The number of para-hydroxylation sites is 1. The van der Waals surface area contributed by atoms with Crippen LogP contribution >= 0.6 is 0 Å². The number of nitro groups is 1. The quantitative estimate of drug-likeness (QED) is 0.226. The topological polar surface area (TPSA) is 128 Å². The number of carbonyl (C=O) groups excluding carboxylic acids is 1. The molecule has 0 unspecified atom stereocenters. The van der Waals surface area contributed by atoms with Crippen molar-refractivity contribution < 1.29 is 23.6 Å². The number of amides is 1. The van der Waals surface area contributed by atoms with E-state index in [0.717, 1.165) is 5.56 Å². The van der Waals surface area contributed by atoms with E-state index in [1.807, 2.05) is 18.2 Å². The lowest BCUT2D eigenvalue weighted by Gasteiger charge is -2.10. The predicted octanol–water partition coefficient (Wildman–Crippen LogP) is 4.14. The molecule has 1 aromatic heterocycles. The van der Waals surface area contributed by atoms with Crippen molar-refractivity contribution >= 4 is 17.7 Å². The van der Waals surface area contributed by atoms with Crippen molar-refractivity contribution in [1.29, 1.82) is 5.26 Å². The zero-order valence-corrected chi connectivity index (χ0v) is 18.0. The number of nitro benzene ring substituents is 1. The first-order valence-corrected chi connectivity index (χ1v) is 9.91. The van der Waals surface area contributed by atoms with Crippen LogP contribution in [-0.4, -0.2) is 31.6 Å². The van der Waals surface area contributed by atoms with E-state index in [1.54, 1.807) is 50.6 Å². The second-order valence-corrected chi connectivity index (χ2v) is 6.84. The molecule has 1 heterocycles. The van der Waals surface area contributed by atoms with Crippen LogP contribution in [-0.2, 0) is 11.2 Å². The molecule has 0 aliphatic heterocycles. The van der Waals surface area contributed by atoms with Gasteiger partial charge in [-0.05, 0) is 42.3 Å². The van der Waals surface area contributed by atoms with Crippen molar-refractivity contribution in [2.75, 3.05) is 20.8 Å². The van der Waals surface area contributed by atoms with E-state index in [-0.39, 0.29) is 22.8 Å². The standard InChI is InChI=1S/C24H21N3O6/c1-31-22-9-7-16(13-23(22)32-2)11-12-26-24(28)17(15-25)14-18-8-10-21(33-18)19-5-3-4-6-20(19)27(29)30/h3-10,13-14H,11-12H2,1-2H3,(H,26,28)/b17-14+. The first kappa shape index (κ1) is 23.1. The van der Waals surface area contributed by atoms with Crippen LogP contribution in [0.1, 0.15) is 11.3 Å². The largest absolute Gasteiger partial charge is 0.493 e. The molecule has 9 heteroatoms. The molecule has 3 rings (SSSR count). The van der Waals surface area contributed by atoms with Gasteiger partial charge in [0, 0.05) is 18.7 Å². The van der Waals surface area contributed by atoms with Crippen LogP contribution in [0.3, 0.4) is 0 Å². The van der Waals surface area contributed by atoms with E-state index in [0.29, 0.717) is 30.0 Å². The number of hydrogen-bond donors (Lipinski definition) is 1. The van der Waals surface area contributed by atoms with Crippen molar-refractivity contribution in [2.24, 2.45) is 0 Å². The maximum atomic E-state index is 12.4. The molecule has 0 fully saturated rings. The molecule has 0 aliphatic carbocycles. The van der Waals surface area contributed by atoms with Gasteiger partial charge in [0.25, 0.3) is 11.6 Å². The Hall–Kier alpha value is -4.58. The second-order valence-electron chi connectivity index (χ2n) is 6.84. The first-order valence-electron chi connectivity index (χ1n) is 9.91. The van der Waals surface area contributed by atoms with Gasteiger partial charge in [0.15, 0.2) is 11.5 Å². The van der Waals surface area contributed by atoms with Crippen LogP contribution < -0.4 is 14.8 Å². The Morgan fingerprint density at radius 2 is 1.91 bits per heavy atom. The number of benzene rings is 2. The van der Waals surface area contributed by atoms with E-state index in [1.165, 1.54) is 12.1 Å². The van der Waals surface area contributed by atoms with E-state index >= 15 is 0 Å². The number of ether oxygens (including phenoxy) is 2. The predicted molar refractivity (Wildman–Crippen MR) is 121 cm³/mol. The van der Waals surface area contributed by atoms with Gasteiger partial charge >= 0.3 is 0 Å². The van der Waals surface area contributed by atoms with Gasteiger partial charge in [-0.15, -0.1) is 0 Å². The van der Waals surface area contributed by atoms with Gasteiger partial charge in [0.2, 0.25) is 0 Å². The molecule has 0 radical (unpaired) electrons. The fourth-order valence-corrected chi connectivity index (χ4v) is 3.16. The normalized spacial score (nSPS) is 10.9. The molecule has 1 amide bonds. The molecule has 0 spiro atoms. The zero-order chi connectivity index (χ0) is 23.8. The SMILES string of the molecule is COc1ccc(CCNC(=O)/C(C#N)=C/c2ccc(-c3ccccc3[N+](=O)[O-])o2)cc1OC. The molecule has 3 aromatic rings. The van der Waals surface area contributed by atoms with Crippen LogP contribution in [0.5, 0.6) is 11.5 Å². The van der Waals surface area contributed by atoms with Gasteiger partial charge in [-0.2, -0.15) is 5.26 Å². The number of methoxy groups -OCH3 is 2. The van der Waals surface area contributed by atoms with Gasteiger partial charge in [0.1, 0.15) is 23.2 Å². The van der Waals surface area contributed by atoms with E-state index < -0.39 is 10.8 Å². The van der Waals surface area contributed by atoms with Crippen molar-refractivity contribution in [3.63, 3.8) is 0 Å². The van der Waals surface area contributed by atoms with Crippen LogP contribution in [0, 0.1) is 21.4 Å². The fraction of sp³-hybridized carbons (Fsp3) is 0.167. The minimum absolute atomic E-state index is 0.101. The summed E-state index contributed by atoms with van der Waals surface area (Å²) < 4.78 is 16.1. The smallest absolute Gasteiger partial charge is 0.280 e. The van der Waals surface area contributed by atoms with Gasteiger partial charge in [0.05, 0.1) is 24.7 Å². The Balaban J connectivity index is 1.67. The second kappa shape index (κ2) is 10.6. The molecular weight excluding hydrogens is 426 g/mol. The first-order chi connectivity index (χ1) is 16.0. The summed E-state index contributed by atoms with van der Waals surface area (Å²) in [7, 11) is 3.10. The zero-order valence-electron chi connectivity index (χ0n) is 18.0. The Morgan fingerprint density at radius 3 is 2.61 bits per heavy atom. The Kier molecular flexibility index (Phi) is 7.44. The molecule has 1 N–H and O–H groups in total. The highest BCUT2D eigenvalue weighted by Gasteiger charge is 2.17. The summed E-state index contributed by atoms with van der Waals surface area (Å²) in [5.41, 5.74) is 0.983. The minimum atomic E-state index is -0.554. The molecule has 33 heavy (non-hydrogen) atoms. The van der Waals surface area contributed by atoms with Crippen molar-refractivity contribution in [2.45, 2.75) is 6.42 Å². The molecule has 0 saturated carbocycles. The molecule has 2 aromatic carbocycles. The summed E-state index contributed by atoms with van der Waals surface area (Å²) in [6, 6.07) is 16.6. The van der Waals surface area contributed by atoms with Crippen molar-refractivity contribution in [1.82, 2.24) is 5.32 Å². The minimum Gasteiger partial charge on any atom is -0.493 e. The molecule has 0 saturated heterocycles. The lowest BCUT2D eigenvalue weighted by atomic mass is 10.1. The summed E-state index contributed by atoms with van der Waals surface area (Å²) in [6.07, 6.45) is 1.82. The number of rotatable bonds is 9. The fourth-order valence-electron chi connectivity index (χ4n) is 3.16. The molecule has 168 valence electrons. The molecule has 0 bridgehead atoms. The molecule has 0 aliphatic rings. The average molecular weight is 447 g/mol. The van der Waals surface area contributed by atoms with Crippen LogP contribution in [0.2, 0.25) is 0 Å². The molecular formula is C24H21N3O6. The van der Waals surface area contributed by atoms with Gasteiger partial charge < -0.3 is 19.2 Å².